The summed E-state index contributed by atoms with van der Waals surface area (Å²) in [6.45, 7) is 6.12. The Kier molecular flexibility index (Phi) is 8.84. The van der Waals surface area contributed by atoms with Gasteiger partial charge < -0.3 is 14.5 Å². The number of hydrogen-bond donors (Lipinski definition) is 0. The van der Waals surface area contributed by atoms with Crippen molar-refractivity contribution in [2.45, 2.75) is 46.0 Å². The predicted molar refractivity (Wildman–Crippen MR) is 103 cm³/mol. The number of ether oxygens (including phenoxy) is 1. The van der Waals surface area contributed by atoms with Crippen LogP contribution in [0.25, 0.3) is 0 Å². The molecule has 8 heteroatoms. The van der Waals surface area contributed by atoms with Gasteiger partial charge in [-0.1, -0.05) is 13.3 Å². The number of aromatic nitrogens is 2. The monoisotopic (exact) mass is 390 g/mol. The van der Waals surface area contributed by atoms with Gasteiger partial charge >= 0.3 is 5.97 Å². The van der Waals surface area contributed by atoms with E-state index in [0.29, 0.717) is 32.8 Å². The fraction of sp³-hybridized carbons (Fsp3) is 0.650. The summed E-state index contributed by atoms with van der Waals surface area (Å²) in [4.78, 5) is 48.7. The van der Waals surface area contributed by atoms with E-state index in [4.69, 9.17) is 4.74 Å². The topological polar surface area (TPSA) is 92.7 Å². The first-order valence-corrected chi connectivity index (χ1v) is 10.1. The van der Waals surface area contributed by atoms with Crippen molar-refractivity contribution in [3.05, 3.63) is 24.3 Å². The maximum Gasteiger partial charge on any atom is 0.310 e. The lowest BCUT2D eigenvalue weighted by molar-refractivity contribution is -0.151. The predicted octanol–water partition coefficient (Wildman–Crippen LogP) is 1.91. The van der Waals surface area contributed by atoms with E-state index in [1.54, 1.807) is 16.7 Å². The van der Waals surface area contributed by atoms with Crippen molar-refractivity contribution in [3.63, 3.8) is 0 Å². The van der Waals surface area contributed by atoms with Crippen LogP contribution in [0.1, 0.15) is 56.4 Å². The van der Waals surface area contributed by atoms with E-state index in [0.717, 1.165) is 25.7 Å². The first kappa shape index (κ1) is 21.8. The zero-order valence-corrected chi connectivity index (χ0v) is 16.8. The van der Waals surface area contributed by atoms with E-state index < -0.39 is 0 Å². The molecule has 0 N–H and O–H groups in total. The zero-order chi connectivity index (χ0) is 20.4. The molecule has 1 saturated heterocycles. The molecule has 1 aliphatic heterocycles. The van der Waals surface area contributed by atoms with Gasteiger partial charge in [0, 0.05) is 45.0 Å². The van der Waals surface area contributed by atoms with E-state index >= 15 is 0 Å². The molecule has 0 aliphatic carbocycles. The highest BCUT2D eigenvalue weighted by molar-refractivity contribution is 5.92. The van der Waals surface area contributed by atoms with Crippen LogP contribution in [-0.2, 0) is 14.3 Å². The van der Waals surface area contributed by atoms with Crippen LogP contribution in [0.2, 0.25) is 0 Å². The van der Waals surface area contributed by atoms with Crippen molar-refractivity contribution < 1.29 is 19.1 Å². The lowest BCUT2D eigenvalue weighted by Crippen LogP contribution is -2.44. The molecule has 1 atom stereocenters. The molecular formula is C20H30N4O4. The van der Waals surface area contributed by atoms with Gasteiger partial charge in [-0.05, 0) is 26.2 Å². The molecule has 0 bridgehead atoms. The van der Waals surface area contributed by atoms with Crippen molar-refractivity contribution in [3.8, 4) is 0 Å². The highest BCUT2D eigenvalue weighted by atomic mass is 16.5. The van der Waals surface area contributed by atoms with Gasteiger partial charge in [-0.3, -0.25) is 19.4 Å². The van der Waals surface area contributed by atoms with Gasteiger partial charge in [0.25, 0.3) is 5.91 Å². The second-order valence-corrected chi connectivity index (χ2v) is 6.92. The van der Waals surface area contributed by atoms with Gasteiger partial charge in [-0.15, -0.1) is 0 Å². The smallest absolute Gasteiger partial charge is 0.310 e. The molecule has 8 nitrogen and oxygen atoms in total. The summed E-state index contributed by atoms with van der Waals surface area (Å²) in [6.07, 6.45) is 8.01. The Hall–Kier alpha value is -2.51. The number of piperidine rings is 1. The van der Waals surface area contributed by atoms with Crippen LogP contribution in [0, 0.1) is 5.92 Å². The van der Waals surface area contributed by atoms with Gasteiger partial charge in [0.1, 0.15) is 5.69 Å². The molecular weight excluding hydrogens is 360 g/mol. The highest BCUT2D eigenvalue weighted by Gasteiger charge is 2.29. The van der Waals surface area contributed by atoms with Crippen molar-refractivity contribution in [2.24, 2.45) is 5.92 Å². The molecule has 0 saturated carbocycles. The number of carbonyl (C=O) groups excluding carboxylic acids is 3. The van der Waals surface area contributed by atoms with Gasteiger partial charge in [-0.2, -0.15) is 0 Å². The van der Waals surface area contributed by atoms with Gasteiger partial charge in [-0.25, -0.2) is 4.98 Å². The molecule has 1 aromatic heterocycles. The minimum absolute atomic E-state index is 0.0394. The first-order chi connectivity index (χ1) is 13.6. The van der Waals surface area contributed by atoms with Crippen LogP contribution in [0.4, 0.5) is 0 Å². The van der Waals surface area contributed by atoms with Crippen LogP contribution >= 0.6 is 0 Å². The van der Waals surface area contributed by atoms with Crippen molar-refractivity contribution in [1.29, 1.82) is 0 Å². The lowest BCUT2D eigenvalue weighted by Gasteiger charge is -2.32. The van der Waals surface area contributed by atoms with Crippen LogP contribution in [-0.4, -0.2) is 70.3 Å². The second-order valence-electron chi connectivity index (χ2n) is 6.92. The van der Waals surface area contributed by atoms with Crippen molar-refractivity contribution >= 4 is 17.8 Å². The van der Waals surface area contributed by atoms with Crippen LogP contribution < -0.4 is 0 Å². The Bertz CT molecular complexity index is 653. The summed E-state index contributed by atoms with van der Waals surface area (Å²) in [5.74, 6) is -0.739. The standard InChI is InChI=1S/C20H30N4O4/c1-3-5-11-23(19(26)17-14-21-9-10-22-17)13-8-18(25)24-12-6-7-16(15-24)20(27)28-4-2/h9-10,14,16H,3-8,11-13,15H2,1-2H3. The quantitative estimate of drug-likeness (QED) is 0.598. The molecule has 28 heavy (non-hydrogen) atoms. The fourth-order valence-corrected chi connectivity index (χ4v) is 3.28. The minimum atomic E-state index is -0.255. The van der Waals surface area contributed by atoms with E-state index in [1.165, 1.54) is 18.6 Å². The molecule has 154 valence electrons. The molecule has 1 fully saturated rings. The number of unbranched alkanes of at least 4 members (excludes halogenated alkanes) is 1. The Morgan fingerprint density at radius 3 is 2.75 bits per heavy atom. The molecule has 1 aromatic rings. The minimum Gasteiger partial charge on any atom is -0.466 e. The van der Waals surface area contributed by atoms with Gasteiger partial charge in [0.05, 0.1) is 18.7 Å². The maximum absolute atomic E-state index is 12.7. The SMILES string of the molecule is CCCCN(CCC(=O)N1CCCC(C(=O)OCC)C1)C(=O)c1cnccn1. The summed E-state index contributed by atoms with van der Waals surface area (Å²) in [5, 5.41) is 0. The molecule has 0 radical (unpaired) electrons. The molecule has 1 unspecified atom stereocenters. The fourth-order valence-electron chi connectivity index (χ4n) is 3.28. The third-order valence-electron chi connectivity index (χ3n) is 4.84. The molecule has 1 aliphatic rings. The van der Waals surface area contributed by atoms with E-state index in [9.17, 15) is 14.4 Å². The number of esters is 1. The maximum atomic E-state index is 12.7. The average Bonchev–Trinajstić information content (AvgIpc) is 2.74. The van der Waals surface area contributed by atoms with Crippen LogP contribution in [0.5, 0.6) is 0 Å². The summed E-state index contributed by atoms with van der Waals surface area (Å²) < 4.78 is 5.09. The molecule has 2 heterocycles. The Balaban J connectivity index is 1.93. The Morgan fingerprint density at radius 1 is 1.25 bits per heavy atom. The van der Waals surface area contributed by atoms with E-state index in [1.807, 2.05) is 0 Å². The first-order valence-electron chi connectivity index (χ1n) is 10.1. The largest absolute Gasteiger partial charge is 0.466 e. The van der Waals surface area contributed by atoms with Crippen molar-refractivity contribution in [2.75, 3.05) is 32.8 Å². The third-order valence-corrected chi connectivity index (χ3v) is 4.84. The molecule has 0 spiro atoms. The Labute approximate surface area is 166 Å². The summed E-state index contributed by atoms with van der Waals surface area (Å²) in [7, 11) is 0. The highest BCUT2D eigenvalue weighted by Crippen LogP contribution is 2.19. The van der Waals surface area contributed by atoms with Gasteiger partial charge in [0.2, 0.25) is 5.91 Å². The normalized spacial score (nSPS) is 16.5. The van der Waals surface area contributed by atoms with E-state index in [-0.39, 0.29) is 35.8 Å². The number of hydrogen-bond acceptors (Lipinski definition) is 6. The summed E-state index contributed by atoms with van der Waals surface area (Å²) in [5.41, 5.74) is 0.284. The molecule has 2 amide bonds. The molecule has 2 rings (SSSR count). The third kappa shape index (κ3) is 6.28. The number of rotatable bonds is 9. The number of carbonyl (C=O) groups is 3. The van der Waals surface area contributed by atoms with Crippen LogP contribution in [0.15, 0.2) is 18.6 Å². The number of likely N-dealkylation sites (tertiary alicyclic amines) is 1. The average molecular weight is 390 g/mol. The molecule has 0 aromatic carbocycles. The lowest BCUT2D eigenvalue weighted by atomic mass is 9.98. The second kappa shape index (κ2) is 11.4. The van der Waals surface area contributed by atoms with Crippen molar-refractivity contribution in [1.82, 2.24) is 19.8 Å². The number of nitrogens with zero attached hydrogens (tertiary/aromatic N) is 4. The summed E-state index contributed by atoms with van der Waals surface area (Å²) in [6, 6.07) is 0. The van der Waals surface area contributed by atoms with E-state index in [2.05, 4.69) is 16.9 Å². The van der Waals surface area contributed by atoms with Gasteiger partial charge in [0.15, 0.2) is 0 Å². The van der Waals surface area contributed by atoms with Crippen LogP contribution in [0.3, 0.4) is 0 Å². The Morgan fingerprint density at radius 2 is 2.07 bits per heavy atom. The zero-order valence-electron chi connectivity index (χ0n) is 16.8. The number of amides is 2. The summed E-state index contributed by atoms with van der Waals surface area (Å²) >= 11 is 0.